The molecule has 0 saturated heterocycles. The van der Waals surface area contributed by atoms with E-state index in [0.717, 1.165) is 22.7 Å². The Kier molecular flexibility index (Phi) is 11.3. The van der Waals surface area contributed by atoms with Crippen LogP contribution in [0.25, 0.3) is 43.8 Å². The summed E-state index contributed by atoms with van der Waals surface area (Å²) in [7, 11) is 0. The second-order valence-corrected chi connectivity index (χ2v) is 19.4. The summed E-state index contributed by atoms with van der Waals surface area (Å²) in [5, 5.41) is 4.96. The first-order valence-corrected chi connectivity index (χ1v) is 24.5. The van der Waals surface area contributed by atoms with Gasteiger partial charge in [-0.15, -0.1) is 0 Å². The molecule has 2 saturated carbocycles. The smallest absolute Gasteiger partial charge is 0.0468 e. The molecule has 2 aliphatic carbocycles. The molecule has 0 bridgehead atoms. The molecule has 66 heavy (non-hydrogen) atoms. The molecule has 2 aliphatic rings. The largest absolute Gasteiger partial charge is 0.310 e. The monoisotopic (exact) mass is 856 g/mol. The van der Waals surface area contributed by atoms with Gasteiger partial charge in [-0.3, -0.25) is 0 Å². The number of aryl methyl sites for hydroxylation is 4. The fourth-order valence-electron chi connectivity index (χ4n) is 11.1. The maximum Gasteiger partial charge on any atom is 0.0468 e. The molecule has 0 heterocycles. The van der Waals surface area contributed by atoms with E-state index in [1.165, 1.54) is 140 Å². The molecule has 0 N–H and O–H groups in total. The molecule has 9 aromatic rings. The van der Waals surface area contributed by atoms with Gasteiger partial charge in [-0.05, 0) is 193 Å². The van der Waals surface area contributed by atoms with E-state index >= 15 is 0 Å². The van der Waals surface area contributed by atoms with Gasteiger partial charge >= 0.3 is 0 Å². The highest BCUT2D eigenvalue weighted by molar-refractivity contribution is 6.22. The van der Waals surface area contributed by atoms with E-state index in [1.54, 1.807) is 0 Å². The van der Waals surface area contributed by atoms with Gasteiger partial charge in [0.15, 0.2) is 0 Å². The van der Waals surface area contributed by atoms with Crippen LogP contribution >= 0.6 is 0 Å². The SMILES string of the molecule is Cc1ccc(-c2c3ccc(N(c4ccc(C)cc4)c4ccc(C5CCCC5)cc4)cc3c(-c3ccc(C)cc3)c3ccc(N(c4ccc(C)cc4)c4ccc(C5CCCC5)cc4)cc23)cc1. The number of anilines is 6. The van der Waals surface area contributed by atoms with Gasteiger partial charge in [0.25, 0.3) is 0 Å². The predicted octanol–water partition coefficient (Wildman–Crippen LogP) is 18.8. The van der Waals surface area contributed by atoms with Gasteiger partial charge in [0.2, 0.25) is 0 Å². The van der Waals surface area contributed by atoms with Crippen molar-refractivity contribution in [2.45, 2.75) is 90.9 Å². The van der Waals surface area contributed by atoms with Crippen LogP contribution in [0, 0.1) is 27.7 Å². The molecule has 2 nitrogen and oxygen atoms in total. The standard InChI is InChI=1S/C64H60N2/c1-43-13-21-51(22-14-43)63-59-39-37-58(66(54-31-19-46(4)20-32-54)56-35-27-50(28-36-56)48-11-7-8-12-48)42-62(59)64(52-23-15-44(2)16-24-52)60-40-38-57(41-61(60)63)65(53-29-17-45(3)18-30-53)55-33-25-49(26-34-55)47-9-5-6-10-47/h13-42,47-48H,5-12H2,1-4H3. The van der Waals surface area contributed by atoms with Crippen molar-refractivity contribution in [1.29, 1.82) is 0 Å². The average molecular weight is 857 g/mol. The lowest BCUT2D eigenvalue weighted by Gasteiger charge is -2.28. The van der Waals surface area contributed by atoms with Crippen LogP contribution in [0.4, 0.5) is 34.1 Å². The van der Waals surface area contributed by atoms with Crippen LogP contribution in [0.2, 0.25) is 0 Å². The Hall–Kier alpha value is -6.90. The fourth-order valence-corrected chi connectivity index (χ4v) is 11.1. The third kappa shape index (κ3) is 8.08. The minimum Gasteiger partial charge on any atom is -0.310 e. The lowest BCUT2D eigenvalue weighted by Crippen LogP contribution is -2.11. The molecular weight excluding hydrogens is 797 g/mol. The molecule has 0 amide bonds. The first-order valence-electron chi connectivity index (χ1n) is 24.5. The molecule has 0 unspecified atom stereocenters. The van der Waals surface area contributed by atoms with Crippen molar-refractivity contribution in [3.05, 3.63) is 215 Å². The van der Waals surface area contributed by atoms with Crippen molar-refractivity contribution in [2.75, 3.05) is 9.80 Å². The summed E-state index contributed by atoms with van der Waals surface area (Å²) in [6.45, 7) is 8.71. The molecule has 2 heteroatoms. The average Bonchev–Trinajstić information content (AvgIpc) is 4.10. The summed E-state index contributed by atoms with van der Waals surface area (Å²) in [4.78, 5) is 4.90. The van der Waals surface area contributed by atoms with Gasteiger partial charge in [-0.1, -0.05) is 157 Å². The molecule has 0 radical (unpaired) electrons. The van der Waals surface area contributed by atoms with E-state index in [4.69, 9.17) is 0 Å². The van der Waals surface area contributed by atoms with Crippen LogP contribution < -0.4 is 9.80 Å². The number of rotatable bonds is 10. The highest BCUT2D eigenvalue weighted by Gasteiger charge is 2.24. The second kappa shape index (κ2) is 17.8. The van der Waals surface area contributed by atoms with E-state index in [0.29, 0.717) is 11.8 Å². The van der Waals surface area contributed by atoms with E-state index < -0.39 is 0 Å². The Balaban J connectivity index is 1.15. The van der Waals surface area contributed by atoms with E-state index in [2.05, 4.69) is 219 Å². The number of hydrogen-bond donors (Lipinski definition) is 0. The highest BCUT2D eigenvalue weighted by Crippen LogP contribution is 2.49. The molecule has 0 atom stereocenters. The molecule has 326 valence electrons. The Bertz CT molecular complexity index is 2910. The normalized spacial score (nSPS) is 14.4. The van der Waals surface area contributed by atoms with Gasteiger partial charge in [0.1, 0.15) is 0 Å². The first kappa shape index (κ1) is 41.8. The van der Waals surface area contributed by atoms with Crippen LogP contribution in [0.5, 0.6) is 0 Å². The van der Waals surface area contributed by atoms with Crippen molar-refractivity contribution in [1.82, 2.24) is 0 Å². The summed E-state index contributed by atoms with van der Waals surface area (Å²) < 4.78 is 0. The molecule has 9 aromatic carbocycles. The minimum atomic E-state index is 0.671. The van der Waals surface area contributed by atoms with Crippen LogP contribution in [-0.2, 0) is 0 Å². The summed E-state index contributed by atoms with van der Waals surface area (Å²) in [6, 6.07) is 69.7. The number of nitrogens with zero attached hydrogens (tertiary/aromatic N) is 2. The zero-order valence-electron chi connectivity index (χ0n) is 39.0. The van der Waals surface area contributed by atoms with Crippen LogP contribution in [0.1, 0.15) is 96.6 Å². The summed E-state index contributed by atoms with van der Waals surface area (Å²) in [5.74, 6) is 1.34. The van der Waals surface area contributed by atoms with Crippen molar-refractivity contribution >= 4 is 55.7 Å². The van der Waals surface area contributed by atoms with Crippen LogP contribution in [-0.4, -0.2) is 0 Å². The van der Waals surface area contributed by atoms with Crippen molar-refractivity contribution in [2.24, 2.45) is 0 Å². The van der Waals surface area contributed by atoms with Crippen LogP contribution in [0.15, 0.2) is 182 Å². The number of hydrogen-bond acceptors (Lipinski definition) is 2. The van der Waals surface area contributed by atoms with Gasteiger partial charge in [0.05, 0.1) is 0 Å². The third-order valence-corrected chi connectivity index (χ3v) is 14.8. The highest BCUT2D eigenvalue weighted by atomic mass is 15.1. The minimum absolute atomic E-state index is 0.671. The lowest BCUT2D eigenvalue weighted by molar-refractivity contribution is 0.723. The van der Waals surface area contributed by atoms with Crippen molar-refractivity contribution < 1.29 is 0 Å². The second-order valence-electron chi connectivity index (χ2n) is 19.4. The lowest BCUT2D eigenvalue weighted by atomic mass is 9.85. The van der Waals surface area contributed by atoms with E-state index in [9.17, 15) is 0 Å². The summed E-state index contributed by atoms with van der Waals surface area (Å²) in [5.41, 5.74) is 19.9. The predicted molar refractivity (Wildman–Crippen MR) is 283 cm³/mol. The fraction of sp³-hybridized carbons (Fsp3) is 0.219. The Morgan fingerprint density at radius 2 is 0.561 bits per heavy atom. The maximum atomic E-state index is 2.46. The first-order chi connectivity index (χ1) is 32.3. The van der Waals surface area contributed by atoms with Crippen molar-refractivity contribution in [3.63, 3.8) is 0 Å². The Morgan fingerprint density at radius 3 is 0.879 bits per heavy atom. The zero-order chi connectivity index (χ0) is 44.7. The number of fused-ring (bicyclic) bond motifs is 2. The molecule has 2 fully saturated rings. The van der Waals surface area contributed by atoms with Crippen molar-refractivity contribution in [3.8, 4) is 22.3 Å². The Morgan fingerprint density at radius 1 is 0.288 bits per heavy atom. The van der Waals surface area contributed by atoms with Gasteiger partial charge in [-0.25, -0.2) is 0 Å². The third-order valence-electron chi connectivity index (χ3n) is 14.8. The topological polar surface area (TPSA) is 6.48 Å². The molecule has 11 rings (SSSR count). The molecule has 0 aromatic heterocycles. The Labute approximate surface area is 392 Å². The van der Waals surface area contributed by atoms with Gasteiger partial charge in [0, 0.05) is 34.1 Å². The quantitative estimate of drug-likeness (QED) is 0.126. The van der Waals surface area contributed by atoms with Gasteiger partial charge in [-0.2, -0.15) is 0 Å². The summed E-state index contributed by atoms with van der Waals surface area (Å²) >= 11 is 0. The zero-order valence-corrected chi connectivity index (χ0v) is 39.0. The van der Waals surface area contributed by atoms with E-state index in [1.807, 2.05) is 0 Å². The molecule has 0 aliphatic heterocycles. The maximum absolute atomic E-state index is 2.46. The van der Waals surface area contributed by atoms with Gasteiger partial charge < -0.3 is 9.80 Å². The molecule has 0 spiro atoms. The van der Waals surface area contributed by atoms with E-state index in [-0.39, 0.29) is 0 Å². The number of benzene rings is 9. The van der Waals surface area contributed by atoms with Crippen LogP contribution in [0.3, 0.4) is 0 Å². The summed E-state index contributed by atoms with van der Waals surface area (Å²) in [6.07, 6.45) is 10.5. The molecular formula is C64H60N2.